The summed E-state index contributed by atoms with van der Waals surface area (Å²) in [5, 5.41) is 13.3. The molecular weight excluding hydrogens is 252 g/mol. The van der Waals surface area contributed by atoms with Crippen molar-refractivity contribution in [1.82, 2.24) is 10.1 Å². The number of nitrogens with zero attached hydrogens (tertiary/aromatic N) is 2. The fourth-order valence-electron chi connectivity index (χ4n) is 1.59. The summed E-state index contributed by atoms with van der Waals surface area (Å²) in [5.41, 5.74) is -0.161. The Labute approximate surface area is 111 Å². The maximum Gasteiger partial charge on any atom is 0.232 e. The number of hydrogen-bond donors (Lipinski definition) is 1. The van der Waals surface area contributed by atoms with Crippen LogP contribution in [0.25, 0.3) is 0 Å². The molecule has 1 saturated heterocycles. The molecule has 1 aliphatic rings. The van der Waals surface area contributed by atoms with E-state index in [1.807, 2.05) is 20.8 Å². The maximum absolute atomic E-state index is 9.30. The van der Waals surface area contributed by atoms with Crippen LogP contribution >= 0.6 is 11.8 Å². The molecule has 0 amide bonds. The van der Waals surface area contributed by atoms with Crippen molar-refractivity contribution in [2.24, 2.45) is 5.41 Å². The Kier molecular flexibility index (Phi) is 3.99. The van der Waals surface area contributed by atoms with Gasteiger partial charge in [-0.15, -0.1) is 0 Å². The lowest BCUT2D eigenvalue weighted by Gasteiger charge is -2.39. The van der Waals surface area contributed by atoms with E-state index in [0.29, 0.717) is 24.9 Å². The first-order valence-corrected chi connectivity index (χ1v) is 7.20. The number of aliphatic hydroxyl groups excluding tert-OH is 1. The number of rotatable bonds is 5. The van der Waals surface area contributed by atoms with Crippen molar-refractivity contribution in [2.75, 3.05) is 25.6 Å². The van der Waals surface area contributed by atoms with Gasteiger partial charge in [0.05, 0.1) is 25.6 Å². The first-order valence-electron chi connectivity index (χ1n) is 6.05. The fraction of sp³-hybridized carbons (Fsp3) is 0.833. The summed E-state index contributed by atoms with van der Waals surface area (Å²) in [4.78, 5) is 4.38. The van der Waals surface area contributed by atoms with E-state index in [4.69, 9.17) is 9.26 Å². The Hall–Kier alpha value is -0.590. The zero-order chi connectivity index (χ0) is 13.2. The number of aliphatic hydroxyl groups is 1. The van der Waals surface area contributed by atoms with Crippen LogP contribution in [-0.4, -0.2) is 40.8 Å². The van der Waals surface area contributed by atoms with Crippen LogP contribution in [0.1, 0.15) is 32.5 Å². The molecule has 1 aromatic rings. The van der Waals surface area contributed by atoms with Gasteiger partial charge in [0, 0.05) is 16.6 Å². The van der Waals surface area contributed by atoms with Crippen molar-refractivity contribution in [1.29, 1.82) is 0 Å². The zero-order valence-electron chi connectivity index (χ0n) is 11.1. The molecule has 18 heavy (non-hydrogen) atoms. The van der Waals surface area contributed by atoms with E-state index >= 15 is 0 Å². The summed E-state index contributed by atoms with van der Waals surface area (Å²) in [6, 6.07) is 0. The minimum absolute atomic E-state index is 0.0543. The average molecular weight is 272 g/mol. The lowest BCUT2D eigenvalue weighted by molar-refractivity contribution is -0.121. The van der Waals surface area contributed by atoms with Crippen molar-refractivity contribution < 1.29 is 14.4 Å². The van der Waals surface area contributed by atoms with E-state index in [-0.39, 0.29) is 17.4 Å². The van der Waals surface area contributed by atoms with Crippen molar-refractivity contribution in [3.63, 3.8) is 0 Å². The van der Waals surface area contributed by atoms with Crippen LogP contribution in [-0.2, 0) is 15.9 Å². The van der Waals surface area contributed by atoms with Crippen LogP contribution < -0.4 is 0 Å². The van der Waals surface area contributed by atoms with Crippen molar-refractivity contribution in [3.05, 3.63) is 11.7 Å². The van der Waals surface area contributed by atoms with Crippen LogP contribution in [0.5, 0.6) is 0 Å². The molecule has 0 radical (unpaired) electrons. The highest BCUT2D eigenvalue weighted by atomic mass is 32.2. The summed E-state index contributed by atoms with van der Waals surface area (Å²) >= 11 is 1.71. The largest absolute Gasteiger partial charge is 0.396 e. The van der Waals surface area contributed by atoms with Crippen LogP contribution in [0, 0.1) is 5.41 Å². The number of aromatic nitrogens is 2. The second kappa shape index (κ2) is 5.19. The summed E-state index contributed by atoms with van der Waals surface area (Å²) in [5.74, 6) is 2.96. The van der Waals surface area contributed by atoms with Gasteiger partial charge >= 0.3 is 0 Å². The third-order valence-electron chi connectivity index (χ3n) is 2.90. The highest BCUT2D eigenvalue weighted by molar-refractivity contribution is 7.98. The average Bonchev–Trinajstić information content (AvgIpc) is 2.70. The SMILES string of the molecule is CC(C)(C)c1nc(CSCC2(CO)COC2)no1. The van der Waals surface area contributed by atoms with Crippen molar-refractivity contribution in [3.8, 4) is 0 Å². The lowest BCUT2D eigenvalue weighted by atomic mass is 9.90. The third-order valence-corrected chi connectivity index (χ3v) is 4.18. The molecule has 6 heteroatoms. The Balaban J connectivity index is 1.82. The predicted molar refractivity (Wildman–Crippen MR) is 69.5 cm³/mol. The number of hydrogen-bond acceptors (Lipinski definition) is 6. The van der Waals surface area contributed by atoms with Gasteiger partial charge < -0.3 is 14.4 Å². The molecule has 0 atom stereocenters. The monoisotopic (exact) mass is 272 g/mol. The Bertz CT molecular complexity index is 391. The molecule has 1 aliphatic heterocycles. The molecule has 102 valence electrons. The molecule has 0 aromatic carbocycles. The van der Waals surface area contributed by atoms with E-state index in [1.54, 1.807) is 11.8 Å². The molecule has 0 aliphatic carbocycles. The molecule has 0 bridgehead atoms. The van der Waals surface area contributed by atoms with Crippen LogP contribution in [0.4, 0.5) is 0 Å². The van der Waals surface area contributed by atoms with Gasteiger partial charge in [0.15, 0.2) is 5.82 Å². The molecule has 0 spiro atoms. The number of ether oxygens (including phenoxy) is 1. The maximum atomic E-state index is 9.30. The van der Waals surface area contributed by atoms with Gasteiger partial charge in [-0.1, -0.05) is 25.9 Å². The zero-order valence-corrected chi connectivity index (χ0v) is 11.9. The van der Waals surface area contributed by atoms with Gasteiger partial charge in [0.2, 0.25) is 5.89 Å². The van der Waals surface area contributed by atoms with Gasteiger partial charge in [-0.25, -0.2) is 0 Å². The fourth-order valence-corrected chi connectivity index (χ4v) is 2.68. The minimum Gasteiger partial charge on any atom is -0.396 e. The summed E-state index contributed by atoms with van der Waals surface area (Å²) in [7, 11) is 0. The van der Waals surface area contributed by atoms with E-state index < -0.39 is 0 Å². The molecule has 0 saturated carbocycles. The second-order valence-corrected chi connectivity index (χ2v) is 6.90. The van der Waals surface area contributed by atoms with E-state index in [9.17, 15) is 5.11 Å². The van der Waals surface area contributed by atoms with E-state index in [0.717, 1.165) is 11.6 Å². The molecule has 1 N–H and O–H groups in total. The second-order valence-electron chi connectivity index (χ2n) is 5.91. The van der Waals surface area contributed by atoms with E-state index in [2.05, 4.69) is 10.1 Å². The van der Waals surface area contributed by atoms with Crippen molar-refractivity contribution in [2.45, 2.75) is 31.9 Å². The number of thioether (sulfide) groups is 1. The van der Waals surface area contributed by atoms with Crippen LogP contribution in [0.2, 0.25) is 0 Å². The minimum atomic E-state index is -0.107. The molecule has 2 rings (SSSR count). The van der Waals surface area contributed by atoms with Crippen molar-refractivity contribution >= 4 is 11.8 Å². The lowest BCUT2D eigenvalue weighted by Crippen LogP contribution is -2.47. The van der Waals surface area contributed by atoms with Crippen LogP contribution in [0.15, 0.2) is 4.52 Å². The van der Waals surface area contributed by atoms with Gasteiger partial charge in [0.25, 0.3) is 0 Å². The highest BCUT2D eigenvalue weighted by Crippen LogP contribution is 2.32. The summed E-state index contributed by atoms with van der Waals surface area (Å²) < 4.78 is 10.4. The van der Waals surface area contributed by atoms with Crippen LogP contribution in [0.3, 0.4) is 0 Å². The van der Waals surface area contributed by atoms with E-state index in [1.165, 1.54) is 0 Å². The quantitative estimate of drug-likeness (QED) is 0.878. The predicted octanol–water partition coefficient (Wildman–Crippen LogP) is 1.61. The summed E-state index contributed by atoms with van der Waals surface area (Å²) in [6.45, 7) is 7.61. The molecule has 5 nitrogen and oxygen atoms in total. The molecule has 2 heterocycles. The van der Waals surface area contributed by atoms with Gasteiger partial charge in [-0.2, -0.15) is 16.7 Å². The molecular formula is C12H20N2O3S. The third kappa shape index (κ3) is 3.05. The first kappa shape index (κ1) is 13.8. The first-order chi connectivity index (χ1) is 8.45. The Morgan fingerprint density at radius 1 is 1.39 bits per heavy atom. The molecule has 1 fully saturated rings. The van der Waals surface area contributed by atoms with Gasteiger partial charge in [-0.05, 0) is 0 Å². The standard InChI is InChI=1S/C12H20N2O3S/c1-11(2,3)10-13-9(14-17-10)4-18-8-12(5-15)6-16-7-12/h15H,4-8H2,1-3H3. The van der Waals surface area contributed by atoms with Gasteiger partial charge in [0.1, 0.15) is 0 Å². The molecule has 0 unspecified atom stereocenters. The molecule has 1 aromatic heterocycles. The highest BCUT2D eigenvalue weighted by Gasteiger charge is 2.37. The summed E-state index contributed by atoms with van der Waals surface area (Å²) in [6.07, 6.45) is 0. The topological polar surface area (TPSA) is 68.4 Å². The Morgan fingerprint density at radius 3 is 2.56 bits per heavy atom. The Morgan fingerprint density at radius 2 is 2.11 bits per heavy atom. The van der Waals surface area contributed by atoms with Gasteiger partial charge in [-0.3, -0.25) is 0 Å². The normalized spacial score (nSPS) is 18.7. The smallest absolute Gasteiger partial charge is 0.232 e.